The van der Waals surface area contributed by atoms with E-state index < -0.39 is 23.1 Å². The highest BCUT2D eigenvalue weighted by Gasteiger charge is 2.40. The highest BCUT2D eigenvalue weighted by Crippen LogP contribution is 2.45. The van der Waals surface area contributed by atoms with Crippen molar-refractivity contribution < 1.29 is 17.6 Å². The molecule has 1 fully saturated rings. The van der Waals surface area contributed by atoms with Crippen LogP contribution in [0.2, 0.25) is 0 Å². The first-order valence-electron chi connectivity index (χ1n) is 5.14. The Morgan fingerprint density at radius 3 is 2.65 bits per heavy atom. The van der Waals surface area contributed by atoms with Crippen molar-refractivity contribution in [1.29, 1.82) is 0 Å². The van der Waals surface area contributed by atoms with Crippen molar-refractivity contribution in [2.75, 3.05) is 0 Å². The molecule has 6 heteroatoms. The summed E-state index contributed by atoms with van der Waals surface area (Å²) < 4.78 is 52.3. The van der Waals surface area contributed by atoms with Crippen LogP contribution in [-0.2, 0) is 6.18 Å². The summed E-state index contributed by atoms with van der Waals surface area (Å²) in [4.78, 5) is 5.91. The van der Waals surface area contributed by atoms with Gasteiger partial charge in [0.15, 0.2) is 6.33 Å². The van der Waals surface area contributed by atoms with E-state index in [1.165, 1.54) is 6.07 Å². The third-order valence-electron chi connectivity index (χ3n) is 2.92. The molecule has 0 bridgehead atoms. The second kappa shape index (κ2) is 3.21. The van der Waals surface area contributed by atoms with Crippen molar-refractivity contribution >= 4 is 11.0 Å². The van der Waals surface area contributed by atoms with E-state index in [9.17, 15) is 17.6 Å². The number of aromatic nitrogens is 2. The first-order valence-corrected chi connectivity index (χ1v) is 5.14. The summed E-state index contributed by atoms with van der Waals surface area (Å²) in [6.45, 7) is 0. The largest absolute Gasteiger partial charge is 0.421 e. The fraction of sp³-hybridized carbons (Fsp3) is 0.364. The lowest BCUT2D eigenvalue weighted by Gasteiger charge is -2.11. The normalized spacial score (nSPS) is 16.7. The molecule has 2 nitrogen and oxygen atoms in total. The number of fused-ring (bicyclic) bond motifs is 1. The molecular formula is C11H7F4N2. The Balaban J connectivity index is 2.35. The molecule has 0 atom stereocenters. The lowest BCUT2D eigenvalue weighted by Crippen LogP contribution is -2.11. The molecule has 1 radical (unpaired) electrons. The molecule has 0 saturated heterocycles. The molecular weight excluding hydrogens is 236 g/mol. The second-order valence-corrected chi connectivity index (χ2v) is 4.17. The molecule has 0 unspecified atom stereocenters. The van der Waals surface area contributed by atoms with E-state index in [0.717, 1.165) is 12.8 Å². The van der Waals surface area contributed by atoms with E-state index in [1.807, 2.05) is 0 Å². The second-order valence-electron chi connectivity index (χ2n) is 4.17. The van der Waals surface area contributed by atoms with E-state index in [1.54, 1.807) is 0 Å². The van der Waals surface area contributed by atoms with Gasteiger partial charge in [-0.2, -0.15) is 13.2 Å². The number of nitrogens with one attached hydrogen (secondary N) is 1. The van der Waals surface area contributed by atoms with Crippen molar-refractivity contribution in [3.05, 3.63) is 29.3 Å². The Labute approximate surface area is 93.7 Å². The quantitative estimate of drug-likeness (QED) is 0.764. The fourth-order valence-electron chi connectivity index (χ4n) is 1.98. The molecule has 1 N–H and O–H groups in total. The zero-order valence-electron chi connectivity index (χ0n) is 8.53. The van der Waals surface area contributed by atoms with Gasteiger partial charge in [0.05, 0.1) is 5.52 Å². The van der Waals surface area contributed by atoms with Crippen LogP contribution in [-0.4, -0.2) is 9.97 Å². The lowest BCUT2D eigenvalue weighted by atomic mass is 10.0. The Kier molecular flexibility index (Phi) is 1.99. The van der Waals surface area contributed by atoms with Crippen LogP contribution in [0.5, 0.6) is 0 Å². The van der Waals surface area contributed by atoms with Crippen LogP contribution in [0.1, 0.15) is 29.9 Å². The Hall–Kier alpha value is -1.59. The molecule has 0 aliphatic heterocycles. The summed E-state index contributed by atoms with van der Waals surface area (Å²) in [6, 6.07) is 1.40. The number of hydrogen-bond acceptors (Lipinski definition) is 1. The van der Waals surface area contributed by atoms with E-state index in [0.29, 0.717) is 0 Å². The molecule has 1 aliphatic carbocycles. The summed E-state index contributed by atoms with van der Waals surface area (Å²) in [6.07, 6.45) is -1.05. The number of benzene rings is 1. The molecule has 1 aromatic carbocycles. The van der Waals surface area contributed by atoms with Crippen LogP contribution in [0.3, 0.4) is 0 Å². The number of H-pyrrole nitrogens is 1. The van der Waals surface area contributed by atoms with Gasteiger partial charge >= 0.3 is 6.18 Å². The summed E-state index contributed by atoms with van der Waals surface area (Å²) in [5.74, 6) is -1.28. The predicted molar refractivity (Wildman–Crippen MR) is 51.9 cm³/mol. The molecule has 3 rings (SSSR count). The minimum atomic E-state index is -4.74. The van der Waals surface area contributed by atoms with Crippen molar-refractivity contribution in [3.8, 4) is 0 Å². The first-order chi connectivity index (χ1) is 7.98. The molecule has 1 saturated carbocycles. The average Bonchev–Trinajstić information content (AvgIpc) is 2.95. The standard InChI is InChI=1S/C11H7F4N2/c12-9-6(5-1-2-5)3-7-10(17-4-16-7)8(9)11(13,14)15/h3,5H,1-2H2,(H,16,17). The minimum absolute atomic E-state index is 0.0937. The Bertz CT molecular complexity index is 581. The van der Waals surface area contributed by atoms with Gasteiger partial charge in [0.2, 0.25) is 0 Å². The van der Waals surface area contributed by atoms with Crippen molar-refractivity contribution in [1.82, 2.24) is 9.97 Å². The number of nitrogens with zero attached hydrogens (tertiary/aromatic N) is 1. The topological polar surface area (TPSA) is 28.7 Å². The third kappa shape index (κ3) is 1.59. The van der Waals surface area contributed by atoms with Gasteiger partial charge in [-0.3, -0.25) is 0 Å². The van der Waals surface area contributed by atoms with Gasteiger partial charge in [0, 0.05) is 0 Å². The van der Waals surface area contributed by atoms with Gasteiger partial charge < -0.3 is 4.98 Å². The monoisotopic (exact) mass is 243 g/mol. The Morgan fingerprint density at radius 1 is 1.35 bits per heavy atom. The molecule has 0 spiro atoms. The lowest BCUT2D eigenvalue weighted by molar-refractivity contribution is -0.138. The minimum Gasteiger partial charge on any atom is -0.335 e. The highest BCUT2D eigenvalue weighted by atomic mass is 19.4. The van der Waals surface area contributed by atoms with Crippen LogP contribution in [0, 0.1) is 12.1 Å². The molecule has 17 heavy (non-hydrogen) atoms. The van der Waals surface area contributed by atoms with Gasteiger partial charge in [-0.25, -0.2) is 9.37 Å². The number of alkyl halides is 3. The van der Waals surface area contributed by atoms with Gasteiger partial charge in [-0.1, -0.05) is 0 Å². The van der Waals surface area contributed by atoms with Crippen LogP contribution in [0.15, 0.2) is 6.07 Å². The molecule has 1 aliphatic rings. The maximum absolute atomic E-state index is 13.9. The Morgan fingerprint density at radius 2 is 2.06 bits per heavy atom. The average molecular weight is 243 g/mol. The number of halogens is 4. The summed E-state index contributed by atoms with van der Waals surface area (Å²) in [5.41, 5.74) is -1.38. The summed E-state index contributed by atoms with van der Waals surface area (Å²) >= 11 is 0. The van der Waals surface area contributed by atoms with Crippen molar-refractivity contribution in [3.63, 3.8) is 0 Å². The molecule has 89 valence electrons. The summed E-state index contributed by atoms with van der Waals surface area (Å²) in [5, 5.41) is 0. The van der Waals surface area contributed by atoms with E-state index in [2.05, 4.69) is 16.3 Å². The van der Waals surface area contributed by atoms with E-state index in [-0.39, 0.29) is 17.0 Å². The number of aromatic amines is 1. The fourth-order valence-corrected chi connectivity index (χ4v) is 1.98. The molecule has 1 heterocycles. The van der Waals surface area contributed by atoms with Crippen LogP contribution < -0.4 is 0 Å². The molecule has 0 amide bonds. The number of rotatable bonds is 1. The highest BCUT2D eigenvalue weighted by molar-refractivity contribution is 5.80. The predicted octanol–water partition coefficient (Wildman–Crippen LogP) is 3.40. The smallest absolute Gasteiger partial charge is 0.335 e. The van der Waals surface area contributed by atoms with E-state index in [4.69, 9.17) is 0 Å². The van der Waals surface area contributed by atoms with Crippen molar-refractivity contribution in [2.24, 2.45) is 0 Å². The molecule has 2 aromatic rings. The van der Waals surface area contributed by atoms with Gasteiger partial charge in [0.25, 0.3) is 0 Å². The zero-order valence-corrected chi connectivity index (χ0v) is 8.53. The molecule has 1 aromatic heterocycles. The summed E-state index contributed by atoms with van der Waals surface area (Å²) in [7, 11) is 0. The third-order valence-corrected chi connectivity index (χ3v) is 2.92. The van der Waals surface area contributed by atoms with Gasteiger partial charge in [0.1, 0.15) is 16.9 Å². The van der Waals surface area contributed by atoms with Crippen LogP contribution >= 0.6 is 0 Å². The van der Waals surface area contributed by atoms with Gasteiger partial charge in [-0.05, 0) is 30.4 Å². The first kappa shape index (κ1) is 10.6. The maximum Gasteiger partial charge on any atom is 0.421 e. The van der Waals surface area contributed by atoms with Gasteiger partial charge in [-0.15, -0.1) is 0 Å². The van der Waals surface area contributed by atoms with Crippen LogP contribution in [0.25, 0.3) is 11.0 Å². The maximum atomic E-state index is 13.9. The SMILES string of the molecule is Fc1c(C2CC2)cc2[nH][c]nc2c1C(F)(F)F. The number of hydrogen-bond donors (Lipinski definition) is 1. The van der Waals surface area contributed by atoms with Crippen molar-refractivity contribution in [2.45, 2.75) is 24.9 Å². The number of imidazole rings is 1. The van der Waals surface area contributed by atoms with E-state index >= 15 is 0 Å². The zero-order chi connectivity index (χ0) is 12.2. The van der Waals surface area contributed by atoms with Crippen LogP contribution in [0.4, 0.5) is 17.6 Å².